The highest BCUT2D eigenvalue weighted by Crippen LogP contribution is 2.41. The molecule has 0 aromatic carbocycles. The smallest absolute Gasteiger partial charge is 0.191 e. The molecule has 1 saturated heterocycles. The molecule has 160 valence electrons. The summed E-state index contributed by atoms with van der Waals surface area (Å²) in [7, 11) is -2.87. The van der Waals surface area contributed by atoms with Crippen LogP contribution in [0.15, 0.2) is 4.99 Å². The van der Waals surface area contributed by atoms with E-state index in [0.29, 0.717) is 18.0 Å². The summed E-state index contributed by atoms with van der Waals surface area (Å²) in [5, 5.41) is 7.01. The van der Waals surface area contributed by atoms with Crippen LogP contribution < -0.4 is 10.6 Å². The van der Waals surface area contributed by atoms with E-state index in [1.165, 1.54) is 38.4 Å². The highest BCUT2D eigenvalue weighted by Gasteiger charge is 2.32. The maximum absolute atomic E-state index is 11.3. The SMILES string of the molecule is CCNC(=NCC1(CC)CCCC1)NC1CCN(CCS(C)(=O)=O)CC1.I. The molecule has 27 heavy (non-hydrogen) atoms. The molecular weight excluding hydrogens is 475 g/mol. The summed E-state index contributed by atoms with van der Waals surface area (Å²) in [5.41, 5.74) is 0.414. The molecule has 0 spiro atoms. The van der Waals surface area contributed by atoms with E-state index in [0.717, 1.165) is 45.0 Å². The van der Waals surface area contributed by atoms with Crippen molar-refractivity contribution in [3.05, 3.63) is 0 Å². The molecule has 8 heteroatoms. The zero-order chi connectivity index (χ0) is 19.0. The Bertz CT molecular complexity index is 554. The summed E-state index contributed by atoms with van der Waals surface area (Å²) < 4.78 is 22.6. The van der Waals surface area contributed by atoms with Crippen LogP contribution >= 0.6 is 24.0 Å². The first-order valence-corrected chi connectivity index (χ1v) is 12.4. The summed E-state index contributed by atoms with van der Waals surface area (Å²) in [6, 6.07) is 0.420. The summed E-state index contributed by atoms with van der Waals surface area (Å²) in [6.45, 7) is 8.75. The quantitative estimate of drug-likeness (QED) is 0.296. The van der Waals surface area contributed by atoms with Crippen molar-refractivity contribution in [3.8, 4) is 0 Å². The number of hydrogen-bond donors (Lipinski definition) is 2. The van der Waals surface area contributed by atoms with E-state index in [-0.39, 0.29) is 29.7 Å². The predicted octanol–water partition coefficient (Wildman–Crippen LogP) is 2.64. The molecule has 1 aliphatic carbocycles. The van der Waals surface area contributed by atoms with E-state index in [1.54, 1.807) is 0 Å². The average molecular weight is 515 g/mol. The van der Waals surface area contributed by atoms with Crippen LogP contribution in [0.4, 0.5) is 0 Å². The van der Waals surface area contributed by atoms with E-state index in [1.807, 2.05) is 0 Å². The van der Waals surface area contributed by atoms with Gasteiger partial charge in [0.15, 0.2) is 5.96 Å². The summed E-state index contributed by atoms with van der Waals surface area (Å²) in [4.78, 5) is 7.18. The second-order valence-electron chi connectivity index (χ2n) is 8.15. The Hall–Kier alpha value is -0.0900. The van der Waals surface area contributed by atoms with Crippen molar-refractivity contribution in [1.82, 2.24) is 15.5 Å². The van der Waals surface area contributed by atoms with E-state index in [9.17, 15) is 8.42 Å². The van der Waals surface area contributed by atoms with Crippen LogP contribution in [-0.4, -0.2) is 70.1 Å². The van der Waals surface area contributed by atoms with Crippen molar-refractivity contribution in [2.24, 2.45) is 10.4 Å². The number of aliphatic imine (C=N–C) groups is 1. The molecule has 0 bridgehead atoms. The molecule has 2 rings (SSSR count). The van der Waals surface area contributed by atoms with E-state index < -0.39 is 9.84 Å². The number of hydrogen-bond acceptors (Lipinski definition) is 4. The monoisotopic (exact) mass is 514 g/mol. The Labute approximate surface area is 183 Å². The van der Waals surface area contributed by atoms with Crippen molar-refractivity contribution in [2.45, 2.75) is 64.8 Å². The van der Waals surface area contributed by atoms with Gasteiger partial charge in [0, 0.05) is 45.0 Å². The molecule has 1 saturated carbocycles. The summed E-state index contributed by atoms with van der Waals surface area (Å²) >= 11 is 0. The summed E-state index contributed by atoms with van der Waals surface area (Å²) in [5.74, 6) is 1.20. The van der Waals surface area contributed by atoms with Crippen LogP contribution in [0.1, 0.15) is 58.8 Å². The Morgan fingerprint density at radius 1 is 1.19 bits per heavy atom. The van der Waals surface area contributed by atoms with Crippen LogP contribution in [0.2, 0.25) is 0 Å². The third kappa shape index (κ3) is 8.85. The molecule has 0 atom stereocenters. The maximum atomic E-state index is 11.3. The van der Waals surface area contributed by atoms with Crippen molar-refractivity contribution < 1.29 is 8.42 Å². The molecule has 1 aliphatic heterocycles. The first-order chi connectivity index (χ1) is 12.4. The number of piperidine rings is 1. The van der Waals surface area contributed by atoms with Gasteiger partial charge in [-0.15, -0.1) is 24.0 Å². The lowest BCUT2D eigenvalue weighted by Gasteiger charge is -2.33. The van der Waals surface area contributed by atoms with E-state index in [2.05, 4.69) is 29.4 Å². The van der Waals surface area contributed by atoms with E-state index >= 15 is 0 Å². The highest BCUT2D eigenvalue weighted by atomic mass is 127. The van der Waals surface area contributed by atoms with Crippen molar-refractivity contribution in [2.75, 3.05) is 44.7 Å². The molecule has 2 aliphatic rings. The third-order valence-corrected chi connectivity index (χ3v) is 6.96. The lowest BCUT2D eigenvalue weighted by Crippen LogP contribution is -2.49. The minimum Gasteiger partial charge on any atom is -0.357 e. The molecule has 1 heterocycles. The third-order valence-electron chi connectivity index (χ3n) is 6.04. The Morgan fingerprint density at radius 3 is 2.33 bits per heavy atom. The second-order valence-corrected chi connectivity index (χ2v) is 10.4. The maximum Gasteiger partial charge on any atom is 0.191 e. The zero-order valence-corrected chi connectivity index (χ0v) is 20.4. The van der Waals surface area contributed by atoms with E-state index in [4.69, 9.17) is 4.99 Å². The van der Waals surface area contributed by atoms with Gasteiger partial charge in [0.05, 0.1) is 5.75 Å². The number of nitrogens with zero attached hydrogens (tertiary/aromatic N) is 2. The number of halogens is 1. The van der Waals surface area contributed by atoms with Crippen LogP contribution in [0.25, 0.3) is 0 Å². The normalized spacial score (nSPS) is 21.7. The van der Waals surface area contributed by atoms with Gasteiger partial charge in [0.2, 0.25) is 0 Å². The Morgan fingerprint density at radius 2 is 1.81 bits per heavy atom. The highest BCUT2D eigenvalue weighted by molar-refractivity contribution is 14.0. The van der Waals surface area contributed by atoms with Gasteiger partial charge in [-0.3, -0.25) is 4.99 Å². The van der Waals surface area contributed by atoms with Gasteiger partial charge in [-0.25, -0.2) is 8.42 Å². The van der Waals surface area contributed by atoms with Gasteiger partial charge < -0.3 is 15.5 Å². The number of nitrogens with one attached hydrogen (secondary N) is 2. The average Bonchev–Trinajstić information content (AvgIpc) is 3.08. The molecule has 0 amide bonds. The standard InChI is InChI=1S/C19H38N4O2S.HI/c1-4-19(10-6-7-11-19)16-21-18(20-5-2)22-17-8-12-23(13-9-17)14-15-26(3,24)25;/h17H,4-16H2,1-3H3,(H2,20,21,22);1H. The fraction of sp³-hybridized carbons (Fsp3) is 0.947. The number of likely N-dealkylation sites (tertiary alicyclic amines) is 1. The van der Waals surface area contributed by atoms with Crippen molar-refractivity contribution in [1.29, 1.82) is 0 Å². The van der Waals surface area contributed by atoms with Crippen LogP contribution in [0, 0.1) is 5.41 Å². The predicted molar refractivity (Wildman–Crippen MR) is 125 cm³/mol. The largest absolute Gasteiger partial charge is 0.357 e. The van der Waals surface area contributed by atoms with Gasteiger partial charge in [-0.1, -0.05) is 19.8 Å². The Balaban J connectivity index is 0.00000364. The number of rotatable bonds is 8. The second kappa shape index (κ2) is 11.8. The lowest BCUT2D eigenvalue weighted by atomic mass is 9.84. The van der Waals surface area contributed by atoms with Gasteiger partial charge in [-0.05, 0) is 44.4 Å². The molecule has 0 aromatic rings. The van der Waals surface area contributed by atoms with Gasteiger partial charge in [0.1, 0.15) is 9.84 Å². The van der Waals surface area contributed by atoms with Gasteiger partial charge in [-0.2, -0.15) is 0 Å². The number of sulfone groups is 1. The number of guanidine groups is 1. The molecule has 0 radical (unpaired) electrons. The zero-order valence-electron chi connectivity index (χ0n) is 17.3. The molecule has 0 unspecified atom stereocenters. The molecule has 0 aromatic heterocycles. The molecule has 6 nitrogen and oxygen atoms in total. The molecular formula is C19H39IN4O2S. The first-order valence-electron chi connectivity index (χ1n) is 10.3. The van der Waals surface area contributed by atoms with Gasteiger partial charge in [0.25, 0.3) is 0 Å². The minimum absolute atomic E-state index is 0. The minimum atomic E-state index is -2.87. The lowest BCUT2D eigenvalue weighted by molar-refractivity contribution is 0.216. The fourth-order valence-corrected chi connectivity index (χ4v) is 4.69. The van der Waals surface area contributed by atoms with Crippen LogP contribution in [0.5, 0.6) is 0 Å². The van der Waals surface area contributed by atoms with Crippen molar-refractivity contribution >= 4 is 39.8 Å². The Kier molecular flexibility index (Phi) is 10.9. The molecule has 2 N–H and O–H groups in total. The fourth-order valence-electron chi connectivity index (χ4n) is 4.10. The summed E-state index contributed by atoms with van der Waals surface area (Å²) in [6.07, 6.45) is 9.91. The van der Waals surface area contributed by atoms with Crippen LogP contribution in [-0.2, 0) is 9.84 Å². The first kappa shape index (κ1) is 24.9. The van der Waals surface area contributed by atoms with Crippen LogP contribution in [0.3, 0.4) is 0 Å². The van der Waals surface area contributed by atoms with Crippen molar-refractivity contribution in [3.63, 3.8) is 0 Å². The van der Waals surface area contributed by atoms with Gasteiger partial charge >= 0.3 is 0 Å². The topological polar surface area (TPSA) is 73.8 Å². The molecule has 2 fully saturated rings.